The maximum Gasteiger partial charge on any atom is 0.312 e. The second kappa shape index (κ2) is 5.40. The zero-order chi connectivity index (χ0) is 13.1. The number of esters is 1. The highest BCUT2D eigenvalue weighted by atomic mass is 32.2. The molecule has 0 aliphatic heterocycles. The monoisotopic (exact) mass is 257 g/mol. The van der Waals surface area contributed by atoms with Crippen LogP contribution in [0.2, 0.25) is 0 Å². The Kier molecular flexibility index (Phi) is 4.40. The molecule has 3 nitrogen and oxygen atoms in total. The molecular weight excluding hydrogens is 241 g/mol. The molecule has 1 aromatic carbocycles. The largest absolute Gasteiger partial charge is 0.469 e. The van der Waals surface area contributed by atoms with Gasteiger partial charge >= 0.3 is 5.97 Å². The molecule has 1 rings (SSSR count). The molecular formula is C12H16FNO2S. The van der Waals surface area contributed by atoms with Gasteiger partial charge in [0.25, 0.3) is 0 Å². The molecule has 0 fully saturated rings. The summed E-state index contributed by atoms with van der Waals surface area (Å²) in [6.07, 6.45) is 0. The molecule has 0 bridgehead atoms. The zero-order valence-electron chi connectivity index (χ0n) is 10.1. The molecule has 0 aromatic heterocycles. The lowest BCUT2D eigenvalue weighted by Crippen LogP contribution is -2.28. The van der Waals surface area contributed by atoms with Gasteiger partial charge in [-0.05, 0) is 32.0 Å². The number of nitrogens with two attached hydrogens (primary N) is 1. The summed E-state index contributed by atoms with van der Waals surface area (Å²) in [5.41, 5.74) is 5.31. The Morgan fingerprint density at radius 1 is 1.47 bits per heavy atom. The highest BCUT2D eigenvalue weighted by Gasteiger charge is 2.28. The Morgan fingerprint density at radius 2 is 2.12 bits per heavy atom. The van der Waals surface area contributed by atoms with Crippen LogP contribution in [0.4, 0.5) is 10.1 Å². The number of hydrogen-bond acceptors (Lipinski definition) is 4. The first-order chi connectivity index (χ1) is 7.85. The van der Waals surface area contributed by atoms with Crippen LogP contribution in [-0.4, -0.2) is 18.8 Å². The van der Waals surface area contributed by atoms with Crippen LogP contribution >= 0.6 is 11.8 Å². The van der Waals surface area contributed by atoms with Crippen LogP contribution in [0.5, 0.6) is 0 Å². The number of rotatable bonds is 4. The van der Waals surface area contributed by atoms with Crippen molar-refractivity contribution in [3.05, 3.63) is 24.0 Å². The Labute approximate surface area is 105 Å². The number of benzene rings is 1. The van der Waals surface area contributed by atoms with Gasteiger partial charge in [0.15, 0.2) is 0 Å². The van der Waals surface area contributed by atoms with Crippen molar-refractivity contribution in [3.63, 3.8) is 0 Å². The highest BCUT2D eigenvalue weighted by Crippen LogP contribution is 2.30. The molecule has 0 radical (unpaired) electrons. The lowest BCUT2D eigenvalue weighted by atomic mass is 9.97. The zero-order valence-corrected chi connectivity index (χ0v) is 10.9. The van der Waals surface area contributed by atoms with Crippen molar-refractivity contribution >= 4 is 23.4 Å². The topological polar surface area (TPSA) is 52.3 Å². The van der Waals surface area contributed by atoms with Gasteiger partial charge in [0, 0.05) is 16.3 Å². The number of carbonyl (C=O) groups is 1. The van der Waals surface area contributed by atoms with Gasteiger partial charge in [-0.3, -0.25) is 4.79 Å². The van der Waals surface area contributed by atoms with Crippen molar-refractivity contribution in [1.82, 2.24) is 0 Å². The second-order valence-electron chi connectivity index (χ2n) is 4.38. The summed E-state index contributed by atoms with van der Waals surface area (Å²) in [6.45, 7) is 3.57. The normalized spacial score (nSPS) is 11.3. The fourth-order valence-corrected chi connectivity index (χ4v) is 2.33. The second-order valence-corrected chi connectivity index (χ2v) is 5.43. The molecule has 0 unspecified atom stereocenters. The van der Waals surface area contributed by atoms with Crippen molar-refractivity contribution in [3.8, 4) is 0 Å². The van der Waals surface area contributed by atoms with Crippen LogP contribution in [0.15, 0.2) is 23.1 Å². The van der Waals surface area contributed by atoms with E-state index in [9.17, 15) is 9.18 Å². The lowest BCUT2D eigenvalue weighted by molar-refractivity contribution is -0.149. The van der Waals surface area contributed by atoms with Crippen LogP contribution in [-0.2, 0) is 9.53 Å². The molecule has 0 saturated carbocycles. The molecule has 0 aliphatic rings. The van der Waals surface area contributed by atoms with Crippen molar-refractivity contribution in [2.75, 3.05) is 18.6 Å². The summed E-state index contributed by atoms with van der Waals surface area (Å²) in [4.78, 5) is 12.2. The van der Waals surface area contributed by atoms with E-state index < -0.39 is 5.41 Å². The average Bonchev–Trinajstić information content (AvgIpc) is 2.24. The van der Waals surface area contributed by atoms with Gasteiger partial charge < -0.3 is 10.5 Å². The van der Waals surface area contributed by atoms with Crippen molar-refractivity contribution in [1.29, 1.82) is 0 Å². The van der Waals surface area contributed by atoms with Crippen LogP contribution in [0.25, 0.3) is 0 Å². The summed E-state index contributed by atoms with van der Waals surface area (Å²) in [5.74, 6) is -0.152. The van der Waals surface area contributed by atoms with E-state index in [1.165, 1.54) is 31.0 Å². The molecule has 0 heterocycles. The van der Waals surface area contributed by atoms with E-state index in [0.717, 1.165) is 0 Å². The quantitative estimate of drug-likeness (QED) is 0.512. The molecule has 0 atom stereocenters. The third kappa shape index (κ3) is 3.93. The minimum absolute atomic E-state index is 0.283. The van der Waals surface area contributed by atoms with Crippen molar-refractivity contribution < 1.29 is 13.9 Å². The van der Waals surface area contributed by atoms with E-state index in [4.69, 9.17) is 10.5 Å². The van der Waals surface area contributed by atoms with E-state index in [1.807, 2.05) is 0 Å². The van der Waals surface area contributed by atoms with Crippen LogP contribution < -0.4 is 5.73 Å². The average molecular weight is 257 g/mol. The van der Waals surface area contributed by atoms with E-state index in [-0.39, 0.29) is 11.8 Å². The van der Waals surface area contributed by atoms with Crippen molar-refractivity contribution in [2.45, 2.75) is 18.7 Å². The molecule has 5 heteroatoms. The number of halogens is 1. The number of ether oxygens (including phenoxy) is 1. The van der Waals surface area contributed by atoms with Gasteiger partial charge in [-0.1, -0.05) is 0 Å². The summed E-state index contributed by atoms with van der Waals surface area (Å²) in [6, 6.07) is 4.34. The molecule has 0 spiro atoms. The molecule has 0 saturated heterocycles. The lowest BCUT2D eigenvalue weighted by Gasteiger charge is -2.20. The van der Waals surface area contributed by atoms with Gasteiger partial charge in [0.05, 0.1) is 12.5 Å². The summed E-state index contributed by atoms with van der Waals surface area (Å²) in [5, 5.41) is 0. The molecule has 94 valence electrons. The first kappa shape index (κ1) is 13.8. The van der Waals surface area contributed by atoms with E-state index in [1.54, 1.807) is 19.9 Å². The predicted molar refractivity (Wildman–Crippen MR) is 67.3 cm³/mol. The molecule has 0 amide bonds. The molecule has 2 N–H and O–H groups in total. The summed E-state index contributed by atoms with van der Waals surface area (Å²) in [7, 11) is 1.36. The highest BCUT2D eigenvalue weighted by molar-refractivity contribution is 7.99. The van der Waals surface area contributed by atoms with Crippen molar-refractivity contribution in [2.24, 2.45) is 5.41 Å². The maximum atomic E-state index is 13.1. The third-order valence-corrected chi connectivity index (χ3v) is 3.67. The number of thioether (sulfide) groups is 1. The van der Waals surface area contributed by atoms with E-state index in [0.29, 0.717) is 16.3 Å². The Bertz CT molecular complexity index is 401. The Balaban J connectivity index is 2.70. The van der Waals surface area contributed by atoms with Crippen LogP contribution in [0.1, 0.15) is 13.8 Å². The Morgan fingerprint density at radius 3 is 2.65 bits per heavy atom. The van der Waals surface area contributed by atoms with Gasteiger partial charge in [0.1, 0.15) is 5.82 Å². The van der Waals surface area contributed by atoms with E-state index in [2.05, 4.69) is 0 Å². The number of methoxy groups -OCH3 is 1. The van der Waals surface area contributed by atoms with Crippen LogP contribution in [0.3, 0.4) is 0 Å². The summed E-state index contributed by atoms with van der Waals surface area (Å²) < 4.78 is 17.8. The third-order valence-electron chi connectivity index (χ3n) is 2.23. The van der Waals surface area contributed by atoms with Gasteiger partial charge in [-0.2, -0.15) is 0 Å². The first-order valence-corrected chi connectivity index (χ1v) is 6.11. The fraction of sp³-hybridized carbons (Fsp3) is 0.417. The van der Waals surface area contributed by atoms with E-state index >= 15 is 0 Å². The predicted octanol–water partition coefficient (Wildman–Crippen LogP) is 2.70. The van der Waals surface area contributed by atoms with Crippen LogP contribution in [0, 0.1) is 11.2 Å². The first-order valence-electron chi connectivity index (χ1n) is 5.12. The molecule has 0 aliphatic carbocycles. The number of anilines is 1. The minimum Gasteiger partial charge on any atom is -0.469 e. The minimum atomic E-state index is -0.611. The number of hydrogen-bond donors (Lipinski definition) is 1. The van der Waals surface area contributed by atoms with Gasteiger partial charge in [-0.15, -0.1) is 11.8 Å². The number of carbonyl (C=O) groups excluding carboxylic acids is 1. The standard InChI is InChI=1S/C12H16FNO2S/c1-12(2,11(15)16-3)7-17-10-5-8(13)4-9(14)6-10/h4-6H,7,14H2,1-3H3. The number of nitrogen functional groups attached to an aromatic ring is 1. The fourth-order valence-electron chi connectivity index (χ4n) is 1.27. The SMILES string of the molecule is COC(=O)C(C)(C)CSc1cc(N)cc(F)c1. The summed E-state index contributed by atoms with van der Waals surface area (Å²) >= 11 is 1.38. The molecule has 1 aromatic rings. The van der Waals surface area contributed by atoms with Gasteiger partial charge in [-0.25, -0.2) is 4.39 Å². The van der Waals surface area contributed by atoms with Gasteiger partial charge in [0.2, 0.25) is 0 Å². The maximum absolute atomic E-state index is 13.1. The Hall–Kier alpha value is -1.23. The molecule has 17 heavy (non-hydrogen) atoms. The smallest absolute Gasteiger partial charge is 0.312 e.